The van der Waals surface area contributed by atoms with Gasteiger partial charge in [0.05, 0.1) is 24.0 Å². The minimum Gasteiger partial charge on any atom is -0.497 e. The fourth-order valence-electron chi connectivity index (χ4n) is 4.21. The van der Waals surface area contributed by atoms with Crippen LogP contribution in [0.3, 0.4) is 0 Å². The van der Waals surface area contributed by atoms with E-state index < -0.39 is 0 Å². The van der Waals surface area contributed by atoms with Gasteiger partial charge in [-0.1, -0.05) is 38.7 Å². The number of halogens is 1. The van der Waals surface area contributed by atoms with Gasteiger partial charge in [-0.2, -0.15) is 0 Å². The zero-order chi connectivity index (χ0) is 23.7. The van der Waals surface area contributed by atoms with E-state index in [9.17, 15) is 9.18 Å². The van der Waals surface area contributed by atoms with Crippen LogP contribution >= 0.6 is 0 Å². The van der Waals surface area contributed by atoms with E-state index >= 15 is 0 Å². The monoisotopic (exact) mass is 441 g/mol. The van der Waals surface area contributed by atoms with E-state index in [-0.39, 0.29) is 23.7 Å². The van der Waals surface area contributed by atoms with Crippen molar-refractivity contribution in [1.82, 2.24) is 4.90 Å². The molecule has 2 heterocycles. The lowest BCUT2D eigenvalue weighted by Crippen LogP contribution is -2.56. The van der Waals surface area contributed by atoms with Gasteiger partial charge in [-0.15, -0.1) is 0 Å². The highest BCUT2D eigenvalue weighted by Crippen LogP contribution is 2.45. The third kappa shape index (κ3) is 5.42. The van der Waals surface area contributed by atoms with Crippen LogP contribution in [0.1, 0.15) is 40.0 Å². The highest BCUT2D eigenvalue weighted by atomic mass is 19.1. The SMILES string of the molecule is C=C/C=C1\N(C)c2ccc(OC)cc2NC12CCN(C(=O)C/C=C\C(F)=C/C)CC2.CC. The summed E-state index contributed by atoms with van der Waals surface area (Å²) >= 11 is 0. The minimum atomic E-state index is -0.330. The summed E-state index contributed by atoms with van der Waals surface area (Å²) in [4.78, 5) is 16.6. The molecule has 3 rings (SSSR count). The van der Waals surface area contributed by atoms with Crippen molar-refractivity contribution in [2.75, 3.05) is 37.5 Å². The second-order valence-corrected chi connectivity index (χ2v) is 7.60. The molecule has 1 aromatic carbocycles. The number of rotatable bonds is 5. The molecule has 32 heavy (non-hydrogen) atoms. The van der Waals surface area contributed by atoms with Crippen molar-refractivity contribution in [1.29, 1.82) is 0 Å². The van der Waals surface area contributed by atoms with Crippen molar-refractivity contribution >= 4 is 17.3 Å². The molecule has 2 aliphatic rings. The summed E-state index contributed by atoms with van der Waals surface area (Å²) in [5.74, 6) is 0.488. The molecule has 174 valence electrons. The van der Waals surface area contributed by atoms with Crippen LogP contribution in [0.25, 0.3) is 0 Å². The number of methoxy groups -OCH3 is 1. The van der Waals surface area contributed by atoms with Crippen molar-refractivity contribution in [2.45, 2.75) is 45.6 Å². The molecule has 1 fully saturated rings. The molecule has 0 atom stereocenters. The molecule has 1 aromatic rings. The zero-order valence-corrected chi connectivity index (χ0v) is 20.0. The number of benzene rings is 1. The van der Waals surface area contributed by atoms with E-state index in [1.54, 1.807) is 20.1 Å². The van der Waals surface area contributed by atoms with Gasteiger partial charge >= 0.3 is 0 Å². The first-order chi connectivity index (χ1) is 15.4. The first-order valence-electron chi connectivity index (χ1n) is 11.2. The Morgan fingerprint density at radius 2 is 2.00 bits per heavy atom. The molecule has 1 saturated heterocycles. The highest BCUT2D eigenvalue weighted by Gasteiger charge is 2.43. The number of nitrogens with zero attached hydrogens (tertiary/aromatic N) is 2. The molecular formula is C26H36FN3O2. The molecule has 5 nitrogen and oxygen atoms in total. The number of carbonyl (C=O) groups is 1. The van der Waals surface area contributed by atoms with Crippen molar-refractivity contribution in [3.63, 3.8) is 0 Å². The van der Waals surface area contributed by atoms with Crippen LogP contribution in [0, 0.1) is 0 Å². The maximum absolute atomic E-state index is 13.2. The molecule has 1 spiro atoms. The number of fused-ring (bicyclic) bond motifs is 1. The smallest absolute Gasteiger partial charge is 0.226 e. The predicted molar refractivity (Wildman–Crippen MR) is 132 cm³/mol. The number of piperidine rings is 1. The van der Waals surface area contributed by atoms with Gasteiger partial charge < -0.3 is 19.9 Å². The summed E-state index contributed by atoms with van der Waals surface area (Å²) in [6, 6.07) is 6.00. The van der Waals surface area contributed by atoms with Crippen LogP contribution in [0.15, 0.2) is 66.7 Å². The number of likely N-dealkylation sites (N-methyl/N-ethyl adjacent to an activating group) is 1. The topological polar surface area (TPSA) is 44.8 Å². The van der Waals surface area contributed by atoms with Gasteiger partial charge in [0.25, 0.3) is 0 Å². The summed E-state index contributed by atoms with van der Waals surface area (Å²) < 4.78 is 18.6. The third-order valence-corrected chi connectivity index (χ3v) is 5.88. The first kappa shape index (κ1) is 25.2. The van der Waals surface area contributed by atoms with Crippen LogP contribution < -0.4 is 15.0 Å². The van der Waals surface area contributed by atoms with Gasteiger partial charge in [0.15, 0.2) is 0 Å². The third-order valence-electron chi connectivity index (χ3n) is 5.88. The van der Waals surface area contributed by atoms with Gasteiger partial charge in [-0.05, 0) is 44.1 Å². The van der Waals surface area contributed by atoms with Gasteiger partial charge in [-0.25, -0.2) is 4.39 Å². The molecule has 6 heteroatoms. The Balaban J connectivity index is 0.00000176. The molecule has 0 unspecified atom stereocenters. The largest absolute Gasteiger partial charge is 0.497 e. The molecule has 2 aliphatic heterocycles. The highest BCUT2D eigenvalue weighted by molar-refractivity contribution is 5.80. The van der Waals surface area contributed by atoms with Crippen molar-refractivity contribution < 1.29 is 13.9 Å². The summed E-state index contributed by atoms with van der Waals surface area (Å²) in [7, 11) is 3.72. The maximum Gasteiger partial charge on any atom is 0.226 e. The quantitative estimate of drug-likeness (QED) is 0.584. The molecule has 0 saturated carbocycles. The molecule has 0 aromatic heterocycles. The van der Waals surface area contributed by atoms with Gasteiger partial charge in [0.1, 0.15) is 11.6 Å². The first-order valence-corrected chi connectivity index (χ1v) is 11.2. The van der Waals surface area contributed by atoms with Gasteiger partial charge in [0.2, 0.25) is 5.91 Å². The summed E-state index contributed by atoms with van der Waals surface area (Å²) in [6.45, 7) is 10.8. The number of ether oxygens (including phenoxy) is 1. The van der Waals surface area contributed by atoms with Crippen LogP contribution in [-0.2, 0) is 4.79 Å². The number of anilines is 2. The molecule has 0 bridgehead atoms. The summed E-state index contributed by atoms with van der Waals surface area (Å²) in [5, 5.41) is 3.73. The van der Waals surface area contributed by atoms with Crippen LogP contribution in [0.5, 0.6) is 5.75 Å². The zero-order valence-electron chi connectivity index (χ0n) is 20.0. The Hall–Kier alpha value is -3.02. The van der Waals surface area contributed by atoms with Crippen molar-refractivity contribution in [2.24, 2.45) is 0 Å². The van der Waals surface area contributed by atoms with E-state index in [2.05, 4.69) is 23.8 Å². The fourth-order valence-corrected chi connectivity index (χ4v) is 4.21. The number of allylic oxidation sites excluding steroid dienone is 5. The van der Waals surface area contributed by atoms with Gasteiger partial charge in [0, 0.05) is 38.3 Å². The van der Waals surface area contributed by atoms with E-state index in [1.807, 2.05) is 49.1 Å². The lowest BCUT2D eigenvalue weighted by molar-refractivity contribution is -0.131. The maximum atomic E-state index is 13.2. The molecule has 1 N–H and O–H groups in total. The number of hydrogen-bond acceptors (Lipinski definition) is 4. The van der Waals surface area contributed by atoms with E-state index in [0.717, 1.165) is 35.7 Å². The fraction of sp³-hybridized carbons (Fsp3) is 0.423. The second kappa shape index (κ2) is 11.6. The molecular weight excluding hydrogens is 405 g/mol. The minimum absolute atomic E-state index is 0.0190. The van der Waals surface area contributed by atoms with E-state index in [0.29, 0.717) is 13.1 Å². The van der Waals surface area contributed by atoms with Crippen LogP contribution in [0.2, 0.25) is 0 Å². The summed E-state index contributed by atoms with van der Waals surface area (Å²) in [6.07, 6.45) is 9.89. The van der Waals surface area contributed by atoms with Crippen molar-refractivity contribution in [3.05, 3.63) is 66.7 Å². The van der Waals surface area contributed by atoms with Gasteiger partial charge in [-0.3, -0.25) is 4.79 Å². The number of carbonyl (C=O) groups excluding carboxylic acids is 1. The predicted octanol–water partition coefficient (Wildman–Crippen LogP) is 5.83. The Bertz CT molecular complexity index is 896. The normalized spacial score (nSPS) is 18.7. The average molecular weight is 442 g/mol. The summed E-state index contributed by atoms with van der Waals surface area (Å²) in [5.41, 5.74) is 2.94. The average Bonchev–Trinajstić information content (AvgIpc) is 2.82. The van der Waals surface area contributed by atoms with Crippen LogP contribution in [-0.4, -0.2) is 43.6 Å². The molecule has 1 amide bonds. The second-order valence-electron chi connectivity index (χ2n) is 7.60. The van der Waals surface area contributed by atoms with E-state index in [1.165, 1.54) is 12.2 Å². The molecule has 0 radical (unpaired) electrons. The van der Waals surface area contributed by atoms with Crippen molar-refractivity contribution in [3.8, 4) is 5.75 Å². The number of nitrogens with one attached hydrogen (secondary N) is 1. The van der Waals surface area contributed by atoms with Crippen LogP contribution in [0.4, 0.5) is 15.8 Å². The Labute approximate surface area is 191 Å². The standard InChI is InChI=1S/C24H30FN3O2.C2H6/c1-5-8-22-24(26-20-17-19(30-4)11-12-21(20)27(22)3)13-15-28(16-14-24)23(29)10-7-9-18(25)6-2;1-2/h5-9,11-12,17,26H,1,10,13-16H2,2-4H3;1-2H3/b9-7-,18-6+,22-8-;. The Morgan fingerprint density at radius 3 is 2.59 bits per heavy atom. The number of amides is 1. The Kier molecular flexibility index (Phi) is 9.12. The van der Waals surface area contributed by atoms with E-state index in [4.69, 9.17) is 4.74 Å². The number of likely N-dealkylation sites (tertiary alicyclic amines) is 1. The lowest BCUT2D eigenvalue weighted by Gasteiger charge is -2.50. The number of hydrogen-bond donors (Lipinski definition) is 1. The Morgan fingerprint density at radius 1 is 1.31 bits per heavy atom. The lowest BCUT2D eigenvalue weighted by atomic mass is 9.81. The molecule has 0 aliphatic carbocycles.